The molecule has 3 rings (SSSR count). The lowest BCUT2D eigenvalue weighted by molar-refractivity contribution is -0.385. The monoisotopic (exact) mass is 379 g/mol. The summed E-state index contributed by atoms with van der Waals surface area (Å²) in [6.07, 6.45) is 0. The van der Waals surface area contributed by atoms with Crippen molar-refractivity contribution in [1.82, 2.24) is 0 Å². The summed E-state index contributed by atoms with van der Waals surface area (Å²) in [5.74, 6) is 0.0922. The predicted octanol–water partition coefficient (Wildman–Crippen LogP) is 3.26. The van der Waals surface area contributed by atoms with Crippen molar-refractivity contribution in [2.24, 2.45) is 0 Å². The number of ether oxygens (including phenoxy) is 4. The second kappa shape index (κ2) is 7.92. The number of fused-ring (bicyclic) bond motifs is 1. The Balaban J connectivity index is 1.65. The van der Waals surface area contributed by atoms with Crippen molar-refractivity contribution < 1.29 is 28.7 Å². The number of hydrogen-bond acceptors (Lipinski definition) is 7. The molecule has 1 heterocycles. The number of para-hydroxylation sites is 1. The lowest BCUT2D eigenvalue weighted by Gasteiger charge is -2.18. The molecule has 26 heavy (non-hydrogen) atoms. The number of esters is 1. The third-order valence-corrected chi connectivity index (χ3v) is 3.80. The van der Waals surface area contributed by atoms with Crippen LogP contribution in [-0.2, 0) is 4.74 Å². The van der Waals surface area contributed by atoms with E-state index in [1.54, 1.807) is 24.3 Å². The highest BCUT2D eigenvalue weighted by atomic mass is 35.5. The first kappa shape index (κ1) is 17.8. The van der Waals surface area contributed by atoms with Gasteiger partial charge < -0.3 is 18.9 Å². The van der Waals surface area contributed by atoms with Gasteiger partial charge in [-0.1, -0.05) is 23.7 Å². The molecule has 8 nitrogen and oxygen atoms in total. The second-order valence-corrected chi connectivity index (χ2v) is 5.59. The van der Waals surface area contributed by atoms with Crippen LogP contribution in [0, 0.1) is 10.1 Å². The molecule has 0 saturated carbocycles. The third-order valence-electron chi connectivity index (χ3n) is 3.49. The summed E-state index contributed by atoms with van der Waals surface area (Å²) in [7, 11) is 0. The fourth-order valence-electron chi connectivity index (χ4n) is 2.32. The van der Waals surface area contributed by atoms with Crippen LogP contribution in [0.4, 0.5) is 5.69 Å². The zero-order valence-corrected chi connectivity index (χ0v) is 14.2. The first-order valence-electron chi connectivity index (χ1n) is 7.69. The molecule has 0 radical (unpaired) electrons. The highest BCUT2D eigenvalue weighted by Gasteiger charge is 2.27. The Labute approximate surface area is 153 Å². The van der Waals surface area contributed by atoms with Gasteiger partial charge in [0.25, 0.3) is 5.69 Å². The second-order valence-electron chi connectivity index (χ2n) is 5.18. The van der Waals surface area contributed by atoms with Crippen molar-refractivity contribution >= 4 is 23.3 Å². The molecule has 0 aliphatic carbocycles. The number of carbonyl (C=O) groups is 1. The van der Waals surface area contributed by atoms with Crippen molar-refractivity contribution in [2.75, 3.05) is 26.4 Å². The molecule has 0 N–H and O–H groups in total. The van der Waals surface area contributed by atoms with Gasteiger partial charge in [0.15, 0.2) is 11.5 Å². The van der Waals surface area contributed by atoms with Crippen LogP contribution in [0.5, 0.6) is 17.2 Å². The number of rotatable bonds is 6. The van der Waals surface area contributed by atoms with Crippen molar-refractivity contribution in [1.29, 1.82) is 0 Å². The zero-order chi connectivity index (χ0) is 18.5. The minimum Gasteiger partial charge on any atom is -0.488 e. The van der Waals surface area contributed by atoms with E-state index in [-0.39, 0.29) is 36.9 Å². The summed E-state index contributed by atoms with van der Waals surface area (Å²) >= 11 is 5.95. The maximum Gasteiger partial charge on any atom is 0.345 e. The molecule has 1 aliphatic heterocycles. The largest absolute Gasteiger partial charge is 0.488 e. The van der Waals surface area contributed by atoms with E-state index in [9.17, 15) is 14.9 Å². The van der Waals surface area contributed by atoms with Crippen molar-refractivity contribution in [3.63, 3.8) is 0 Å². The van der Waals surface area contributed by atoms with Crippen LogP contribution >= 0.6 is 11.6 Å². The van der Waals surface area contributed by atoms with Crippen LogP contribution in [0.15, 0.2) is 36.4 Å². The van der Waals surface area contributed by atoms with E-state index in [2.05, 4.69) is 0 Å². The number of nitro groups is 1. The third kappa shape index (κ3) is 3.97. The van der Waals surface area contributed by atoms with Gasteiger partial charge in [0.1, 0.15) is 37.7 Å². The predicted molar refractivity (Wildman–Crippen MR) is 91.3 cm³/mol. The topological polar surface area (TPSA) is 97.1 Å². The molecule has 1 aliphatic rings. The Morgan fingerprint density at radius 2 is 1.85 bits per heavy atom. The summed E-state index contributed by atoms with van der Waals surface area (Å²) in [5.41, 5.74) is -0.622. The van der Waals surface area contributed by atoms with Gasteiger partial charge in [0.05, 0.1) is 16.0 Å². The lowest BCUT2D eigenvalue weighted by atomic mass is 10.1. The van der Waals surface area contributed by atoms with Crippen molar-refractivity contribution in [3.05, 3.63) is 57.1 Å². The van der Waals surface area contributed by atoms with Crippen LogP contribution in [0.2, 0.25) is 5.02 Å². The highest BCUT2D eigenvalue weighted by molar-refractivity contribution is 6.32. The van der Waals surface area contributed by atoms with E-state index < -0.39 is 16.6 Å². The standard InChI is InChI=1S/C17H14ClNO7/c18-12-3-1-2-4-14(12)23-7-8-26-17(20)11-9-15-16(25-6-5-24-15)10-13(11)19(21)22/h1-4,9-10H,5-8H2. The average molecular weight is 380 g/mol. The summed E-state index contributed by atoms with van der Waals surface area (Å²) in [6, 6.07) is 9.27. The van der Waals surface area contributed by atoms with Gasteiger partial charge in [-0.25, -0.2) is 4.79 Å². The molecule has 0 atom stereocenters. The molecule has 9 heteroatoms. The van der Waals surface area contributed by atoms with Gasteiger partial charge >= 0.3 is 5.97 Å². The molecular formula is C17H14ClNO7. The summed E-state index contributed by atoms with van der Waals surface area (Å²) < 4.78 is 21.1. The summed E-state index contributed by atoms with van der Waals surface area (Å²) in [4.78, 5) is 22.8. The number of nitro benzene ring substituents is 1. The Hall–Kier alpha value is -3.00. The molecule has 0 bridgehead atoms. The first-order chi connectivity index (χ1) is 12.6. The van der Waals surface area contributed by atoms with Gasteiger partial charge in [-0.2, -0.15) is 0 Å². The van der Waals surface area contributed by atoms with E-state index in [0.29, 0.717) is 17.4 Å². The molecule has 2 aromatic rings. The van der Waals surface area contributed by atoms with Crippen LogP contribution in [0.3, 0.4) is 0 Å². The van der Waals surface area contributed by atoms with Crippen molar-refractivity contribution in [3.8, 4) is 17.2 Å². The van der Waals surface area contributed by atoms with Crippen molar-refractivity contribution in [2.45, 2.75) is 0 Å². The number of nitrogens with zero attached hydrogens (tertiary/aromatic N) is 1. The quantitative estimate of drug-likeness (QED) is 0.329. The Morgan fingerprint density at radius 3 is 2.54 bits per heavy atom. The highest BCUT2D eigenvalue weighted by Crippen LogP contribution is 2.36. The fraction of sp³-hybridized carbons (Fsp3) is 0.235. The molecule has 0 spiro atoms. The minimum absolute atomic E-state index is 0.0494. The molecule has 0 amide bonds. The Bertz CT molecular complexity index is 840. The van der Waals surface area contributed by atoms with Gasteiger partial charge in [0, 0.05) is 6.07 Å². The van der Waals surface area contributed by atoms with Gasteiger partial charge in [0.2, 0.25) is 0 Å². The Kier molecular flexibility index (Phi) is 5.43. The minimum atomic E-state index is -0.851. The maximum atomic E-state index is 12.2. The number of carbonyl (C=O) groups excluding carboxylic acids is 1. The summed E-state index contributed by atoms with van der Waals surface area (Å²) in [6.45, 7) is 0.530. The number of benzene rings is 2. The molecule has 136 valence electrons. The van der Waals surface area contributed by atoms with Gasteiger partial charge in [-0.15, -0.1) is 0 Å². The Morgan fingerprint density at radius 1 is 1.15 bits per heavy atom. The summed E-state index contributed by atoms with van der Waals surface area (Å²) in [5, 5.41) is 11.7. The molecular weight excluding hydrogens is 366 g/mol. The van der Waals surface area contributed by atoms with E-state index >= 15 is 0 Å². The van der Waals surface area contributed by atoms with Gasteiger partial charge in [-0.3, -0.25) is 10.1 Å². The molecule has 0 aromatic heterocycles. The molecule has 2 aromatic carbocycles. The van der Waals surface area contributed by atoms with E-state index in [1.165, 1.54) is 6.07 Å². The SMILES string of the molecule is O=C(OCCOc1ccccc1Cl)c1cc2c(cc1[N+](=O)[O-])OCCO2. The fourth-order valence-corrected chi connectivity index (χ4v) is 2.51. The van der Waals surface area contributed by atoms with E-state index in [4.69, 9.17) is 30.5 Å². The van der Waals surface area contributed by atoms with Crippen LogP contribution in [-0.4, -0.2) is 37.3 Å². The molecule has 0 saturated heterocycles. The normalized spacial score (nSPS) is 12.3. The average Bonchev–Trinajstić information content (AvgIpc) is 2.65. The maximum absolute atomic E-state index is 12.2. The number of halogens is 1. The lowest BCUT2D eigenvalue weighted by Crippen LogP contribution is -2.18. The smallest absolute Gasteiger partial charge is 0.345 e. The van der Waals surface area contributed by atoms with E-state index in [1.807, 2.05) is 0 Å². The molecule has 0 unspecified atom stereocenters. The zero-order valence-electron chi connectivity index (χ0n) is 13.5. The van der Waals surface area contributed by atoms with E-state index in [0.717, 1.165) is 6.07 Å². The van der Waals surface area contributed by atoms with Gasteiger partial charge in [-0.05, 0) is 12.1 Å². The van der Waals surface area contributed by atoms with Crippen LogP contribution in [0.25, 0.3) is 0 Å². The van der Waals surface area contributed by atoms with Crippen LogP contribution < -0.4 is 14.2 Å². The van der Waals surface area contributed by atoms with Crippen LogP contribution in [0.1, 0.15) is 10.4 Å². The molecule has 0 fully saturated rings. The first-order valence-corrected chi connectivity index (χ1v) is 8.06. The number of hydrogen-bond donors (Lipinski definition) is 0.